The van der Waals surface area contributed by atoms with Gasteiger partial charge in [0.2, 0.25) is 0 Å². The van der Waals surface area contributed by atoms with Gasteiger partial charge in [-0.3, -0.25) is 0 Å². The van der Waals surface area contributed by atoms with Crippen molar-refractivity contribution >= 4 is 11.8 Å². The summed E-state index contributed by atoms with van der Waals surface area (Å²) in [6.07, 6.45) is 3.50. The Morgan fingerprint density at radius 2 is 0.650 bits per heavy atom. The maximum Gasteiger partial charge on any atom is 0.123 e. The van der Waals surface area contributed by atoms with Crippen molar-refractivity contribution in [3.05, 3.63) is 333 Å². The van der Waals surface area contributed by atoms with E-state index in [1.54, 1.807) is 0 Å². The predicted octanol–water partition coefficient (Wildman–Crippen LogP) is 30.2. The molecule has 2 heterocycles. The third-order valence-electron chi connectivity index (χ3n) is 17.2. The van der Waals surface area contributed by atoms with Gasteiger partial charge in [0.1, 0.15) is 12.4 Å². The van der Waals surface area contributed by atoms with Gasteiger partial charge in [0, 0.05) is 39.9 Å². The van der Waals surface area contributed by atoms with Gasteiger partial charge in [-0.1, -0.05) is 415 Å². The average Bonchev–Trinajstić information content (AvgIpc) is 1.76. The van der Waals surface area contributed by atoms with Crippen molar-refractivity contribution < 1.29 is 4.74 Å². The minimum atomic E-state index is 0.430. The number of benzene rings is 10. The molecule has 1 aliphatic carbocycles. The monoisotopic (exact) mass is 1360 g/mol. The quantitative estimate of drug-likeness (QED) is 0.142. The lowest BCUT2D eigenvalue weighted by atomic mass is 9.80. The average molecular weight is 1360 g/mol. The number of hydrogen-bond acceptors (Lipinski definition) is 2. The molecule has 2 atom stereocenters. The summed E-state index contributed by atoms with van der Waals surface area (Å²) in [4.78, 5) is 1.45. The van der Waals surface area contributed by atoms with Crippen molar-refractivity contribution in [3.8, 4) is 16.9 Å². The molecule has 2 heteroatoms. The lowest BCUT2D eigenvalue weighted by Crippen LogP contribution is -2.10. The smallest absolute Gasteiger partial charge is 0.123 e. The molecule has 0 fully saturated rings. The Balaban J connectivity index is 0.000000407. The van der Waals surface area contributed by atoms with Gasteiger partial charge in [0.25, 0.3) is 0 Å². The first-order valence-corrected chi connectivity index (χ1v) is 39.8. The summed E-state index contributed by atoms with van der Waals surface area (Å²) >= 11 is 1.97. The molecule has 0 bridgehead atoms. The Morgan fingerprint density at radius 1 is 0.320 bits per heavy atom. The SMILES string of the molecule is CC.CC.CC.CC.CC.CC.CC.CC(C)C(c1ccccc1)c1ccccc1.CC(C)C1c2ccccc2CCc2ccccc21.CC(C)C1c2ccccc2COc2ccccc21.CC(C)C1c2ccccc2CSc2ccccc21.CC(C)Cc1ccccc1-c1ccccc1. The molecule has 2 unspecified atom stereocenters. The molecule has 1 nitrogen and oxygen atoms in total. The van der Waals surface area contributed by atoms with E-state index in [-0.39, 0.29) is 0 Å². The van der Waals surface area contributed by atoms with Crippen molar-refractivity contribution in [2.75, 3.05) is 0 Å². The zero-order valence-electron chi connectivity index (χ0n) is 66.9. The second kappa shape index (κ2) is 51.5. The molecule has 0 aromatic heterocycles. The fourth-order valence-electron chi connectivity index (χ4n) is 13.4. The summed E-state index contributed by atoms with van der Waals surface area (Å²) in [5.74, 6) is 7.30. The van der Waals surface area contributed by atoms with Crippen LogP contribution in [0.5, 0.6) is 5.75 Å². The summed E-state index contributed by atoms with van der Waals surface area (Å²) < 4.78 is 5.96. The molecule has 0 radical (unpaired) electrons. The van der Waals surface area contributed by atoms with Gasteiger partial charge in [-0.05, 0) is 139 Å². The van der Waals surface area contributed by atoms with Gasteiger partial charge in [0.05, 0.1) is 0 Å². The Labute approximate surface area is 618 Å². The fraction of sp³-hybridized carbons (Fsp3) is 0.388. The van der Waals surface area contributed by atoms with Gasteiger partial charge >= 0.3 is 0 Å². The van der Waals surface area contributed by atoms with E-state index >= 15 is 0 Å². The van der Waals surface area contributed by atoms with Crippen molar-refractivity contribution in [1.82, 2.24) is 0 Å². The molecule has 3 aliphatic rings. The molecule has 0 saturated carbocycles. The molecule has 10 aromatic rings. The largest absolute Gasteiger partial charge is 0.489 e. The highest BCUT2D eigenvalue weighted by atomic mass is 32.2. The van der Waals surface area contributed by atoms with E-state index in [9.17, 15) is 0 Å². The number of aryl methyl sites for hydroxylation is 2. The standard InChI is InChI=1S/C18H20.C17H18O.C17H18S.2C16H18.7C2H6/c1-13(2)18-16-9-5-3-7-14(16)11-12-15-8-4-6-10-17(15)18;2*1-12(2)17-14-8-4-3-7-13(14)11-18-16-10-6-5-9-15(16)17;1-13(2)16(14-9-5-3-6-10-14)15-11-7-4-8-12-15;1-13(2)12-15-10-6-7-11-16(15)14-8-4-3-5-9-14;7*1-2/h3-10,13,18H,11-12H2,1-2H3;2*3-10,12,17H,11H2,1-2H3;3-13,16H,1-2H3;3-11,13H,12H2,1-2H3;7*1-2H3. The molecule has 0 N–H and O–H groups in total. The highest BCUT2D eigenvalue weighted by Crippen LogP contribution is 2.45. The molecule has 0 amide bonds. The van der Waals surface area contributed by atoms with Gasteiger partial charge in [-0.25, -0.2) is 0 Å². The number of rotatable bonds is 9. The van der Waals surface area contributed by atoms with Crippen LogP contribution in [0.1, 0.15) is 262 Å². The fourth-order valence-corrected chi connectivity index (χ4v) is 14.5. The predicted molar refractivity (Wildman–Crippen MR) is 449 cm³/mol. The molecule has 2 aliphatic heterocycles. The van der Waals surface area contributed by atoms with E-state index in [1.165, 1.54) is 101 Å². The Morgan fingerprint density at radius 3 is 1.10 bits per heavy atom. The molecule has 100 heavy (non-hydrogen) atoms. The maximum absolute atomic E-state index is 5.96. The highest BCUT2D eigenvalue weighted by molar-refractivity contribution is 7.98. The van der Waals surface area contributed by atoms with Crippen LogP contribution in [0.25, 0.3) is 11.1 Å². The number of para-hydroxylation sites is 1. The maximum atomic E-state index is 5.96. The van der Waals surface area contributed by atoms with Crippen LogP contribution < -0.4 is 4.74 Å². The first-order valence-electron chi connectivity index (χ1n) is 38.9. The summed E-state index contributed by atoms with van der Waals surface area (Å²) in [6.45, 7) is 51.7. The van der Waals surface area contributed by atoms with Crippen LogP contribution in [0.3, 0.4) is 0 Å². The number of ether oxygens (including phenoxy) is 1. The van der Waals surface area contributed by atoms with E-state index in [2.05, 4.69) is 324 Å². The normalized spacial score (nSPS) is 13.0. The molecular formula is C98H134OS. The Hall–Kier alpha value is -7.65. The topological polar surface area (TPSA) is 9.23 Å². The van der Waals surface area contributed by atoms with E-state index < -0.39 is 0 Å². The molecule has 0 saturated heterocycles. The van der Waals surface area contributed by atoms with E-state index in [0.29, 0.717) is 59.9 Å². The summed E-state index contributed by atoms with van der Waals surface area (Å²) in [5.41, 5.74) is 21.7. The van der Waals surface area contributed by atoms with E-state index in [0.717, 1.165) is 17.9 Å². The van der Waals surface area contributed by atoms with Crippen molar-refractivity contribution in [1.29, 1.82) is 0 Å². The molecular weight excluding hydrogens is 1230 g/mol. The van der Waals surface area contributed by atoms with Crippen molar-refractivity contribution in [2.45, 2.75) is 226 Å². The van der Waals surface area contributed by atoms with Crippen molar-refractivity contribution in [3.63, 3.8) is 0 Å². The molecule has 0 spiro atoms. The van der Waals surface area contributed by atoms with Gasteiger partial charge in [0.15, 0.2) is 0 Å². The zero-order chi connectivity index (χ0) is 74.4. The first kappa shape index (κ1) is 88.4. The first-order chi connectivity index (χ1) is 48.9. The van der Waals surface area contributed by atoms with Crippen molar-refractivity contribution in [2.24, 2.45) is 29.6 Å². The van der Waals surface area contributed by atoms with E-state index in [4.69, 9.17) is 4.74 Å². The van der Waals surface area contributed by atoms with Crippen LogP contribution in [-0.2, 0) is 31.6 Å². The van der Waals surface area contributed by atoms with E-state index in [1.807, 2.05) is 115 Å². The van der Waals surface area contributed by atoms with Gasteiger partial charge in [-0.2, -0.15) is 0 Å². The van der Waals surface area contributed by atoms with Crippen LogP contribution in [0, 0.1) is 29.6 Å². The zero-order valence-corrected chi connectivity index (χ0v) is 67.7. The Bertz CT molecular complexity index is 3220. The van der Waals surface area contributed by atoms with Gasteiger partial charge < -0.3 is 4.74 Å². The highest BCUT2D eigenvalue weighted by Gasteiger charge is 2.29. The third-order valence-corrected chi connectivity index (χ3v) is 18.4. The van der Waals surface area contributed by atoms with Gasteiger partial charge in [-0.15, -0.1) is 11.8 Å². The summed E-state index contributed by atoms with van der Waals surface area (Å²) in [5, 5.41) is 0. The Kier molecular flexibility index (Phi) is 45.5. The second-order valence-electron chi connectivity index (χ2n) is 25.3. The van der Waals surface area contributed by atoms with Crippen LogP contribution in [0.2, 0.25) is 0 Å². The number of fused-ring (bicyclic) bond motifs is 6. The second-order valence-corrected chi connectivity index (χ2v) is 26.3. The lowest BCUT2D eigenvalue weighted by Gasteiger charge is -2.24. The van der Waals surface area contributed by atoms with Crippen LogP contribution in [-0.4, -0.2) is 0 Å². The third kappa shape index (κ3) is 26.7. The number of thioether (sulfide) groups is 1. The van der Waals surface area contributed by atoms with Crippen LogP contribution in [0.15, 0.2) is 266 Å². The molecule has 13 rings (SSSR count). The minimum Gasteiger partial charge on any atom is -0.489 e. The summed E-state index contributed by atoms with van der Waals surface area (Å²) in [7, 11) is 0. The lowest BCUT2D eigenvalue weighted by molar-refractivity contribution is 0.306. The number of hydrogen-bond donors (Lipinski definition) is 0. The minimum absolute atomic E-state index is 0.430. The summed E-state index contributed by atoms with van der Waals surface area (Å²) in [6, 6.07) is 93.7. The molecule has 10 aromatic carbocycles. The van der Waals surface area contributed by atoms with Crippen LogP contribution in [0.4, 0.5) is 0 Å². The van der Waals surface area contributed by atoms with Crippen LogP contribution >= 0.6 is 11.8 Å². The molecule has 538 valence electrons.